The van der Waals surface area contributed by atoms with Gasteiger partial charge < -0.3 is 4.74 Å². The number of hydrogen-bond acceptors (Lipinski definition) is 1. The lowest BCUT2D eigenvalue weighted by atomic mass is 9.97. The molecule has 0 amide bonds. The Morgan fingerprint density at radius 1 is 1.21 bits per heavy atom. The summed E-state index contributed by atoms with van der Waals surface area (Å²) in [7, 11) is 0. The molecule has 0 spiro atoms. The monoisotopic (exact) mass is 190 g/mol. The van der Waals surface area contributed by atoms with Gasteiger partial charge in [0.05, 0.1) is 12.7 Å². The first-order chi connectivity index (χ1) is 6.73. The maximum absolute atomic E-state index is 5.72. The molecule has 0 heterocycles. The van der Waals surface area contributed by atoms with Crippen LogP contribution in [0.1, 0.15) is 32.3 Å². The molecule has 1 aliphatic rings. The van der Waals surface area contributed by atoms with E-state index in [1.54, 1.807) is 0 Å². The molecule has 14 heavy (non-hydrogen) atoms. The largest absolute Gasteiger partial charge is 0.378 e. The van der Waals surface area contributed by atoms with Gasteiger partial charge in [0.15, 0.2) is 0 Å². The molecule has 0 N–H and O–H groups in total. The highest BCUT2D eigenvalue weighted by Crippen LogP contribution is 2.48. The lowest BCUT2D eigenvalue weighted by molar-refractivity contribution is 0.0619. The van der Waals surface area contributed by atoms with Gasteiger partial charge in [0.1, 0.15) is 0 Å². The van der Waals surface area contributed by atoms with E-state index in [1.165, 1.54) is 18.4 Å². The molecule has 1 fully saturated rings. The van der Waals surface area contributed by atoms with Gasteiger partial charge in [0, 0.05) is 5.41 Å². The molecule has 1 aromatic carbocycles. The standard InChI is InChI=1S/C13H18O/c1-11(2)14-10-13(8-9-13)12-6-4-3-5-7-12/h3-7,11H,8-10H2,1-2H3. The van der Waals surface area contributed by atoms with Crippen molar-refractivity contribution in [3.8, 4) is 0 Å². The van der Waals surface area contributed by atoms with Crippen LogP contribution < -0.4 is 0 Å². The number of hydrogen-bond donors (Lipinski definition) is 0. The SMILES string of the molecule is CC(C)OCC1(c2ccccc2)CC1. The first-order valence-corrected chi connectivity index (χ1v) is 5.40. The van der Waals surface area contributed by atoms with E-state index in [-0.39, 0.29) is 0 Å². The predicted molar refractivity (Wildman–Crippen MR) is 58.4 cm³/mol. The first-order valence-electron chi connectivity index (χ1n) is 5.40. The Hall–Kier alpha value is -0.820. The zero-order chi connectivity index (χ0) is 10.0. The van der Waals surface area contributed by atoms with Crippen molar-refractivity contribution < 1.29 is 4.74 Å². The summed E-state index contributed by atoms with van der Waals surface area (Å²) in [5.74, 6) is 0. The number of ether oxygens (including phenoxy) is 1. The fraction of sp³-hybridized carbons (Fsp3) is 0.538. The number of benzene rings is 1. The third kappa shape index (κ3) is 1.98. The third-order valence-corrected chi connectivity index (χ3v) is 2.93. The minimum atomic E-state index is 0.344. The molecule has 0 unspecified atom stereocenters. The van der Waals surface area contributed by atoms with Gasteiger partial charge in [0.2, 0.25) is 0 Å². The van der Waals surface area contributed by atoms with Crippen LogP contribution in [-0.4, -0.2) is 12.7 Å². The molecule has 2 rings (SSSR count). The first kappa shape index (κ1) is 9.72. The summed E-state index contributed by atoms with van der Waals surface area (Å²) >= 11 is 0. The number of rotatable bonds is 4. The Morgan fingerprint density at radius 3 is 2.36 bits per heavy atom. The van der Waals surface area contributed by atoms with Gasteiger partial charge >= 0.3 is 0 Å². The third-order valence-electron chi connectivity index (χ3n) is 2.93. The van der Waals surface area contributed by atoms with Gasteiger partial charge in [-0.2, -0.15) is 0 Å². The Balaban J connectivity index is 2.03. The molecule has 1 aromatic rings. The molecular formula is C13H18O. The fourth-order valence-electron chi connectivity index (χ4n) is 1.79. The van der Waals surface area contributed by atoms with Crippen molar-refractivity contribution in [3.05, 3.63) is 35.9 Å². The normalized spacial score (nSPS) is 18.5. The summed E-state index contributed by atoms with van der Waals surface area (Å²) in [5, 5.41) is 0. The van der Waals surface area contributed by atoms with Crippen molar-refractivity contribution in [2.75, 3.05) is 6.61 Å². The second-order valence-corrected chi connectivity index (χ2v) is 4.51. The van der Waals surface area contributed by atoms with E-state index in [1.807, 2.05) is 0 Å². The van der Waals surface area contributed by atoms with Crippen LogP contribution in [0.3, 0.4) is 0 Å². The van der Waals surface area contributed by atoms with Gasteiger partial charge in [-0.1, -0.05) is 30.3 Å². The highest BCUT2D eigenvalue weighted by molar-refractivity contribution is 5.31. The van der Waals surface area contributed by atoms with E-state index >= 15 is 0 Å². The fourth-order valence-corrected chi connectivity index (χ4v) is 1.79. The van der Waals surface area contributed by atoms with Crippen LogP contribution in [0.5, 0.6) is 0 Å². The van der Waals surface area contributed by atoms with Gasteiger partial charge in [-0.3, -0.25) is 0 Å². The summed E-state index contributed by atoms with van der Waals surface area (Å²) in [6.07, 6.45) is 2.91. The Bertz CT molecular complexity index is 285. The summed E-state index contributed by atoms with van der Waals surface area (Å²) in [5.41, 5.74) is 1.80. The molecule has 76 valence electrons. The van der Waals surface area contributed by atoms with E-state index in [4.69, 9.17) is 4.74 Å². The van der Waals surface area contributed by atoms with Gasteiger partial charge in [-0.05, 0) is 32.3 Å². The summed E-state index contributed by atoms with van der Waals surface area (Å²) < 4.78 is 5.72. The molecule has 1 nitrogen and oxygen atoms in total. The minimum absolute atomic E-state index is 0.344. The van der Waals surface area contributed by atoms with Crippen LogP contribution in [0, 0.1) is 0 Å². The molecule has 1 heteroatoms. The van der Waals surface area contributed by atoms with E-state index < -0.39 is 0 Å². The van der Waals surface area contributed by atoms with Crippen molar-refractivity contribution in [3.63, 3.8) is 0 Å². The second-order valence-electron chi connectivity index (χ2n) is 4.51. The lowest BCUT2D eigenvalue weighted by Gasteiger charge is -2.17. The topological polar surface area (TPSA) is 9.23 Å². The van der Waals surface area contributed by atoms with E-state index in [0.29, 0.717) is 11.5 Å². The van der Waals surface area contributed by atoms with Crippen LogP contribution in [-0.2, 0) is 10.2 Å². The van der Waals surface area contributed by atoms with Crippen LogP contribution >= 0.6 is 0 Å². The predicted octanol–water partition coefficient (Wildman–Crippen LogP) is 3.14. The molecule has 0 aliphatic heterocycles. The van der Waals surface area contributed by atoms with Crippen LogP contribution in [0.4, 0.5) is 0 Å². The highest BCUT2D eigenvalue weighted by atomic mass is 16.5. The highest BCUT2D eigenvalue weighted by Gasteiger charge is 2.44. The molecule has 0 saturated heterocycles. The molecule has 1 aliphatic carbocycles. The Kier molecular flexibility index (Phi) is 2.60. The molecular weight excluding hydrogens is 172 g/mol. The molecule has 0 bridgehead atoms. The average molecular weight is 190 g/mol. The molecule has 0 aromatic heterocycles. The Morgan fingerprint density at radius 2 is 1.86 bits per heavy atom. The van der Waals surface area contributed by atoms with Crippen molar-refractivity contribution >= 4 is 0 Å². The van der Waals surface area contributed by atoms with E-state index in [0.717, 1.165) is 6.61 Å². The summed E-state index contributed by atoms with van der Waals surface area (Å²) in [4.78, 5) is 0. The van der Waals surface area contributed by atoms with Gasteiger partial charge in [0.25, 0.3) is 0 Å². The minimum Gasteiger partial charge on any atom is -0.378 e. The van der Waals surface area contributed by atoms with Crippen LogP contribution in [0.15, 0.2) is 30.3 Å². The van der Waals surface area contributed by atoms with Crippen LogP contribution in [0.2, 0.25) is 0 Å². The van der Waals surface area contributed by atoms with Crippen molar-refractivity contribution in [2.24, 2.45) is 0 Å². The molecule has 0 radical (unpaired) electrons. The van der Waals surface area contributed by atoms with E-state index in [2.05, 4.69) is 44.2 Å². The zero-order valence-electron chi connectivity index (χ0n) is 8.99. The van der Waals surface area contributed by atoms with Crippen molar-refractivity contribution in [1.29, 1.82) is 0 Å². The summed E-state index contributed by atoms with van der Waals surface area (Å²) in [6, 6.07) is 10.7. The maximum atomic E-state index is 5.72. The van der Waals surface area contributed by atoms with Crippen molar-refractivity contribution in [1.82, 2.24) is 0 Å². The second kappa shape index (κ2) is 3.74. The molecule has 1 saturated carbocycles. The molecule has 0 atom stereocenters. The van der Waals surface area contributed by atoms with Crippen LogP contribution in [0.25, 0.3) is 0 Å². The zero-order valence-corrected chi connectivity index (χ0v) is 8.99. The lowest BCUT2D eigenvalue weighted by Crippen LogP contribution is -2.18. The quantitative estimate of drug-likeness (QED) is 0.708. The average Bonchev–Trinajstić information content (AvgIpc) is 2.97. The van der Waals surface area contributed by atoms with E-state index in [9.17, 15) is 0 Å². The smallest absolute Gasteiger partial charge is 0.0566 e. The van der Waals surface area contributed by atoms with Crippen molar-refractivity contribution in [2.45, 2.75) is 38.2 Å². The van der Waals surface area contributed by atoms with Gasteiger partial charge in [-0.25, -0.2) is 0 Å². The summed E-state index contributed by atoms with van der Waals surface area (Å²) in [6.45, 7) is 5.08. The Labute approximate surface area is 86.1 Å². The maximum Gasteiger partial charge on any atom is 0.0566 e. The van der Waals surface area contributed by atoms with Gasteiger partial charge in [-0.15, -0.1) is 0 Å².